The minimum Gasteiger partial charge on any atom is -0.351 e. The standard InChI is InChI=1S/C31H36N6O2S/c1-18-26(22-7-5-20(14-32)6-8-22)19(2)37(36-18)30(3,4)28(38)35-27-23-9-21-10-24(27)13-31(11-21,12-23)29(39)34-16-25-15-33-17-40-25/h5-8,15,17,21,23-24,27H,9-13,16H2,1-4H3,(H,34,39)(H,35,38). The Balaban J connectivity index is 1.18. The predicted molar refractivity (Wildman–Crippen MR) is 153 cm³/mol. The van der Waals surface area contributed by atoms with Gasteiger partial charge in [-0.05, 0) is 95.2 Å². The van der Waals surface area contributed by atoms with E-state index in [0.717, 1.165) is 59.5 Å². The molecule has 1 aromatic carbocycles. The molecule has 2 amide bonds. The minimum absolute atomic E-state index is 0.0364. The largest absolute Gasteiger partial charge is 0.351 e. The fourth-order valence-electron chi connectivity index (χ4n) is 7.96. The summed E-state index contributed by atoms with van der Waals surface area (Å²) in [6.07, 6.45) is 6.60. The van der Waals surface area contributed by atoms with Crippen molar-refractivity contribution in [2.75, 3.05) is 0 Å². The second-order valence-electron chi connectivity index (χ2n) is 12.6. The molecule has 4 fully saturated rings. The third kappa shape index (κ3) is 4.43. The maximum Gasteiger partial charge on any atom is 0.247 e. The van der Waals surface area contributed by atoms with Crippen molar-refractivity contribution < 1.29 is 9.59 Å². The van der Waals surface area contributed by atoms with Crippen LogP contribution in [0.5, 0.6) is 0 Å². The first kappa shape index (κ1) is 26.7. The number of benzene rings is 1. The number of nitrogens with one attached hydrogen (secondary N) is 2. The van der Waals surface area contributed by atoms with E-state index in [1.807, 2.05) is 62.8 Å². The first-order valence-electron chi connectivity index (χ1n) is 14.1. The second kappa shape index (κ2) is 9.84. The van der Waals surface area contributed by atoms with Gasteiger partial charge in [0.1, 0.15) is 5.54 Å². The molecule has 2 heterocycles. The monoisotopic (exact) mass is 556 g/mol. The van der Waals surface area contributed by atoms with Gasteiger partial charge in [-0.25, -0.2) is 0 Å². The molecular formula is C31H36N6O2S. The zero-order valence-corrected chi connectivity index (χ0v) is 24.3. The summed E-state index contributed by atoms with van der Waals surface area (Å²) in [5.74, 6) is 1.32. The summed E-state index contributed by atoms with van der Waals surface area (Å²) >= 11 is 1.56. The average Bonchev–Trinajstić information content (AvgIpc) is 3.56. The molecule has 4 aliphatic rings. The third-order valence-electron chi connectivity index (χ3n) is 9.64. The van der Waals surface area contributed by atoms with Crippen molar-refractivity contribution in [2.24, 2.45) is 23.2 Å². The molecule has 3 aromatic rings. The molecule has 40 heavy (non-hydrogen) atoms. The van der Waals surface area contributed by atoms with E-state index in [9.17, 15) is 9.59 Å². The van der Waals surface area contributed by atoms with E-state index < -0.39 is 5.54 Å². The van der Waals surface area contributed by atoms with Crippen molar-refractivity contribution in [3.63, 3.8) is 0 Å². The summed E-state index contributed by atoms with van der Waals surface area (Å²) in [7, 11) is 0. The zero-order chi connectivity index (χ0) is 28.2. The normalized spacial score (nSPS) is 26.9. The molecule has 2 unspecified atom stereocenters. The van der Waals surface area contributed by atoms with Gasteiger partial charge in [0.25, 0.3) is 0 Å². The molecule has 4 aliphatic carbocycles. The highest BCUT2D eigenvalue weighted by Crippen LogP contribution is 2.60. The van der Waals surface area contributed by atoms with Crippen molar-refractivity contribution >= 4 is 23.2 Å². The topological polar surface area (TPSA) is 113 Å². The Morgan fingerprint density at radius 2 is 1.85 bits per heavy atom. The highest BCUT2D eigenvalue weighted by molar-refractivity contribution is 7.09. The van der Waals surface area contributed by atoms with Gasteiger partial charge in [0.2, 0.25) is 11.8 Å². The van der Waals surface area contributed by atoms with Crippen molar-refractivity contribution in [3.05, 3.63) is 57.8 Å². The van der Waals surface area contributed by atoms with Gasteiger partial charge in [-0.2, -0.15) is 10.4 Å². The number of hydrogen-bond acceptors (Lipinski definition) is 6. The van der Waals surface area contributed by atoms with Gasteiger partial charge in [-0.1, -0.05) is 12.1 Å². The van der Waals surface area contributed by atoms with Crippen LogP contribution in [0.2, 0.25) is 0 Å². The number of thiazole rings is 1. The van der Waals surface area contributed by atoms with Crippen LogP contribution >= 0.6 is 11.3 Å². The molecule has 4 bridgehead atoms. The van der Waals surface area contributed by atoms with Crippen LogP contribution in [0.3, 0.4) is 0 Å². The van der Waals surface area contributed by atoms with Gasteiger partial charge < -0.3 is 10.6 Å². The van der Waals surface area contributed by atoms with Gasteiger partial charge >= 0.3 is 0 Å². The molecule has 2 atom stereocenters. The lowest BCUT2D eigenvalue weighted by Crippen LogP contribution is -2.64. The summed E-state index contributed by atoms with van der Waals surface area (Å²) in [4.78, 5) is 32.5. The minimum atomic E-state index is -0.891. The van der Waals surface area contributed by atoms with E-state index in [1.54, 1.807) is 16.8 Å². The van der Waals surface area contributed by atoms with Crippen molar-refractivity contribution in [1.29, 1.82) is 5.26 Å². The molecule has 4 saturated carbocycles. The van der Waals surface area contributed by atoms with Crippen LogP contribution in [0, 0.1) is 48.3 Å². The Hall–Kier alpha value is -3.51. The maximum absolute atomic E-state index is 13.9. The number of carbonyl (C=O) groups excluding carboxylic acids is 2. The molecule has 7 rings (SSSR count). The van der Waals surface area contributed by atoms with Crippen LogP contribution in [0.1, 0.15) is 67.8 Å². The first-order chi connectivity index (χ1) is 19.1. The Labute approximate surface area is 239 Å². The third-order valence-corrected chi connectivity index (χ3v) is 10.4. The van der Waals surface area contributed by atoms with E-state index in [2.05, 4.69) is 21.7 Å². The van der Waals surface area contributed by atoms with E-state index in [-0.39, 0.29) is 23.3 Å². The number of aromatic nitrogens is 3. The summed E-state index contributed by atoms with van der Waals surface area (Å²) in [5.41, 5.74) is 4.94. The van der Waals surface area contributed by atoms with Crippen LogP contribution in [-0.2, 0) is 21.7 Å². The van der Waals surface area contributed by atoms with Crippen molar-refractivity contribution in [1.82, 2.24) is 25.4 Å². The lowest BCUT2D eigenvalue weighted by Gasteiger charge is -2.59. The average molecular weight is 557 g/mol. The molecule has 2 aromatic heterocycles. The quantitative estimate of drug-likeness (QED) is 0.432. The molecule has 0 saturated heterocycles. The highest BCUT2D eigenvalue weighted by atomic mass is 32.1. The number of rotatable bonds is 7. The lowest BCUT2D eigenvalue weighted by atomic mass is 9.47. The van der Waals surface area contributed by atoms with E-state index in [1.165, 1.54) is 0 Å². The van der Waals surface area contributed by atoms with E-state index >= 15 is 0 Å². The number of hydrogen-bond donors (Lipinski definition) is 2. The van der Waals surface area contributed by atoms with Crippen molar-refractivity contribution in [2.45, 2.75) is 77.9 Å². The Kier molecular flexibility index (Phi) is 6.57. The Bertz CT molecular complexity index is 1470. The van der Waals surface area contributed by atoms with Crippen LogP contribution in [0.4, 0.5) is 0 Å². The van der Waals surface area contributed by atoms with Gasteiger partial charge in [0.05, 0.1) is 34.8 Å². The van der Waals surface area contributed by atoms with E-state index in [0.29, 0.717) is 29.9 Å². The van der Waals surface area contributed by atoms with Gasteiger partial charge in [0, 0.05) is 28.4 Å². The zero-order valence-electron chi connectivity index (χ0n) is 23.5. The Morgan fingerprint density at radius 1 is 1.15 bits per heavy atom. The predicted octanol–water partition coefficient (Wildman–Crippen LogP) is 4.86. The number of nitrogens with zero attached hydrogens (tertiary/aromatic N) is 4. The fourth-order valence-corrected chi connectivity index (χ4v) is 8.50. The SMILES string of the molecule is Cc1nn(C(C)(C)C(=O)NC2C3CC4CC2CC(C(=O)NCc2cncs2)(C4)C3)c(C)c1-c1ccc(C#N)cc1. The summed E-state index contributed by atoms with van der Waals surface area (Å²) in [6, 6.07) is 9.73. The van der Waals surface area contributed by atoms with Gasteiger partial charge in [0.15, 0.2) is 0 Å². The Morgan fingerprint density at radius 3 is 2.48 bits per heavy atom. The number of amides is 2. The van der Waals surface area contributed by atoms with Crippen LogP contribution in [-0.4, -0.2) is 32.6 Å². The lowest BCUT2D eigenvalue weighted by molar-refractivity contribution is -0.151. The number of aryl methyl sites for hydroxylation is 1. The molecule has 0 spiro atoms. The number of carbonyl (C=O) groups is 2. The molecule has 2 N–H and O–H groups in total. The molecule has 0 aliphatic heterocycles. The fraction of sp³-hybridized carbons (Fsp3) is 0.516. The second-order valence-corrected chi connectivity index (χ2v) is 13.6. The molecule has 9 heteroatoms. The summed E-state index contributed by atoms with van der Waals surface area (Å²) in [5, 5.41) is 20.6. The smallest absolute Gasteiger partial charge is 0.247 e. The maximum atomic E-state index is 13.9. The molecular weight excluding hydrogens is 520 g/mol. The van der Waals surface area contributed by atoms with Crippen LogP contribution in [0.25, 0.3) is 11.1 Å². The summed E-state index contributed by atoms with van der Waals surface area (Å²) in [6.45, 7) is 8.35. The van der Waals surface area contributed by atoms with Gasteiger partial charge in [-0.3, -0.25) is 19.3 Å². The molecule has 0 radical (unpaired) electrons. The van der Waals surface area contributed by atoms with Crippen molar-refractivity contribution in [3.8, 4) is 17.2 Å². The van der Waals surface area contributed by atoms with Crippen LogP contribution < -0.4 is 10.6 Å². The molecule has 8 nitrogen and oxygen atoms in total. The first-order valence-corrected chi connectivity index (χ1v) is 15.0. The number of nitriles is 1. The van der Waals surface area contributed by atoms with Gasteiger partial charge in [-0.15, -0.1) is 11.3 Å². The summed E-state index contributed by atoms with van der Waals surface area (Å²) < 4.78 is 1.84. The highest BCUT2D eigenvalue weighted by Gasteiger charge is 2.59. The van der Waals surface area contributed by atoms with Crippen LogP contribution in [0.15, 0.2) is 36.0 Å². The molecule has 208 valence electrons. The van der Waals surface area contributed by atoms with E-state index in [4.69, 9.17) is 10.4 Å².